The predicted molar refractivity (Wildman–Crippen MR) is 47.6 cm³/mol. The number of halogens is 1. The summed E-state index contributed by atoms with van der Waals surface area (Å²) in [5, 5.41) is 2.09. The normalized spacial score (nSPS) is 9.50. The van der Waals surface area contributed by atoms with Crippen LogP contribution in [-0.2, 0) is 6.54 Å². The van der Waals surface area contributed by atoms with Gasteiger partial charge in [-0.2, -0.15) is 0 Å². The van der Waals surface area contributed by atoms with E-state index >= 15 is 0 Å². The van der Waals surface area contributed by atoms with Gasteiger partial charge in [0.1, 0.15) is 5.82 Å². The first-order valence-corrected chi connectivity index (χ1v) is 3.84. The molecule has 0 aromatic heterocycles. The Hall–Kier alpha value is -1.03. The Morgan fingerprint density at radius 1 is 1.42 bits per heavy atom. The largest absolute Gasteiger partial charge is 0.343 e. The maximum atomic E-state index is 12.4. The van der Waals surface area contributed by atoms with Crippen LogP contribution in [0.25, 0.3) is 0 Å². The molecule has 0 saturated carbocycles. The Morgan fingerprint density at radius 2 is 2.00 bits per heavy atom. The van der Waals surface area contributed by atoms with Crippen molar-refractivity contribution >= 4 is 17.9 Å². The van der Waals surface area contributed by atoms with Gasteiger partial charge in [-0.3, -0.25) is 4.79 Å². The van der Waals surface area contributed by atoms with Crippen molar-refractivity contribution in [3.63, 3.8) is 0 Å². The zero-order valence-corrected chi connectivity index (χ0v) is 7.14. The molecule has 4 heteroatoms. The van der Waals surface area contributed by atoms with Crippen LogP contribution in [0.15, 0.2) is 24.3 Å². The lowest BCUT2D eigenvalue weighted by Gasteiger charge is -2.00. The second-order valence-electron chi connectivity index (χ2n) is 2.29. The highest BCUT2D eigenvalue weighted by Gasteiger charge is 1.94. The van der Waals surface area contributed by atoms with E-state index in [1.165, 1.54) is 12.1 Å². The summed E-state index contributed by atoms with van der Waals surface area (Å²) in [6.07, 6.45) is 0. The highest BCUT2D eigenvalue weighted by Crippen LogP contribution is 2.01. The average Bonchev–Trinajstić information content (AvgIpc) is 2.03. The van der Waals surface area contributed by atoms with Crippen molar-refractivity contribution in [1.29, 1.82) is 0 Å². The molecular weight excluding hydrogens is 177 g/mol. The molecule has 1 rings (SSSR count). The summed E-state index contributed by atoms with van der Waals surface area (Å²) in [6, 6.07) is 5.91. The van der Waals surface area contributed by atoms with Gasteiger partial charge >= 0.3 is 0 Å². The second-order valence-corrected chi connectivity index (χ2v) is 2.69. The molecule has 12 heavy (non-hydrogen) atoms. The van der Waals surface area contributed by atoms with E-state index in [0.717, 1.165) is 5.56 Å². The summed E-state index contributed by atoms with van der Waals surface area (Å²) in [4.78, 5) is 10.4. The van der Waals surface area contributed by atoms with Crippen LogP contribution in [0, 0.1) is 5.82 Å². The maximum Gasteiger partial charge on any atom is 0.276 e. The van der Waals surface area contributed by atoms with Crippen molar-refractivity contribution in [2.24, 2.45) is 0 Å². The quantitative estimate of drug-likeness (QED) is 0.678. The van der Waals surface area contributed by atoms with Crippen molar-refractivity contribution in [3.8, 4) is 0 Å². The first-order chi connectivity index (χ1) is 5.68. The number of amides is 1. The van der Waals surface area contributed by atoms with Crippen molar-refractivity contribution in [2.75, 3.05) is 0 Å². The number of thiol groups is 1. The SMILES string of the molecule is O=C(S)NCc1ccc(F)cc1. The summed E-state index contributed by atoms with van der Waals surface area (Å²) in [5.41, 5.74) is 0.846. The summed E-state index contributed by atoms with van der Waals surface area (Å²) in [7, 11) is 0. The van der Waals surface area contributed by atoms with Gasteiger partial charge in [-0.15, -0.1) is 0 Å². The number of hydrogen-bond donors (Lipinski definition) is 2. The molecule has 0 aliphatic carbocycles. The van der Waals surface area contributed by atoms with Gasteiger partial charge in [-0.1, -0.05) is 24.8 Å². The van der Waals surface area contributed by atoms with Crippen molar-refractivity contribution in [2.45, 2.75) is 6.54 Å². The molecule has 1 N–H and O–H groups in total. The first-order valence-electron chi connectivity index (χ1n) is 3.40. The number of hydrogen-bond acceptors (Lipinski definition) is 1. The lowest BCUT2D eigenvalue weighted by molar-refractivity contribution is 0.260. The van der Waals surface area contributed by atoms with Gasteiger partial charge in [0.2, 0.25) is 0 Å². The van der Waals surface area contributed by atoms with Gasteiger partial charge in [0.15, 0.2) is 0 Å². The van der Waals surface area contributed by atoms with Crippen LogP contribution in [-0.4, -0.2) is 5.24 Å². The van der Waals surface area contributed by atoms with Crippen LogP contribution in [0.4, 0.5) is 9.18 Å². The number of rotatable bonds is 2. The van der Waals surface area contributed by atoms with Crippen molar-refractivity contribution in [1.82, 2.24) is 5.32 Å². The molecule has 1 amide bonds. The van der Waals surface area contributed by atoms with E-state index in [4.69, 9.17) is 0 Å². The van der Waals surface area contributed by atoms with Gasteiger partial charge in [-0.25, -0.2) is 4.39 Å². The third-order valence-electron chi connectivity index (χ3n) is 1.36. The standard InChI is InChI=1S/C8H8FNOS/c9-7-3-1-6(2-4-7)5-10-8(11)12/h1-4H,5H2,(H2,10,11,12). The predicted octanol–water partition coefficient (Wildman–Crippen LogP) is 1.97. The molecule has 0 saturated heterocycles. The van der Waals surface area contributed by atoms with Crippen LogP contribution < -0.4 is 5.32 Å². The topological polar surface area (TPSA) is 29.1 Å². The van der Waals surface area contributed by atoms with E-state index < -0.39 is 0 Å². The van der Waals surface area contributed by atoms with Crippen LogP contribution in [0.2, 0.25) is 0 Å². The Bertz CT molecular complexity index is 273. The van der Waals surface area contributed by atoms with E-state index in [-0.39, 0.29) is 11.1 Å². The van der Waals surface area contributed by atoms with Crippen LogP contribution >= 0.6 is 12.6 Å². The van der Waals surface area contributed by atoms with E-state index in [1.54, 1.807) is 12.1 Å². The number of benzene rings is 1. The first kappa shape index (κ1) is 9.06. The van der Waals surface area contributed by atoms with Crippen molar-refractivity contribution in [3.05, 3.63) is 35.6 Å². The van der Waals surface area contributed by atoms with E-state index in [9.17, 15) is 9.18 Å². The molecule has 0 unspecified atom stereocenters. The van der Waals surface area contributed by atoms with Crippen molar-refractivity contribution < 1.29 is 9.18 Å². The zero-order valence-electron chi connectivity index (χ0n) is 6.25. The Labute approximate surface area is 75.2 Å². The molecule has 0 radical (unpaired) electrons. The maximum absolute atomic E-state index is 12.4. The molecule has 1 aromatic rings. The number of carbonyl (C=O) groups is 1. The molecule has 0 spiro atoms. The average molecular weight is 185 g/mol. The van der Waals surface area contributed by atoms with Gasteiger partial charge in [0, 0.05) is 6.54 Å². The number of carbonyl (C=O) groups excluding carboxylic acids is 1. The molecule has 0 fully saturated rings. The van der Waals surface area contributed by atoms with Gasteiger partial charge in [0.05, 0.1) is 0 Å². The lowest BCUT2D eigenvalue weighted by Crippen LogP contribution is -2.15. The van der Waals surface area contributed by atoms with E-state index in [2.05, 4.69) is 17.9 Å². The Morgan fingerprint density at radius 3 is 2.50 bits per heavy atom. The minimum atomic E-state index is -0.390. The molecule has 0 aliphatic rings. The molecule has 64 valence electrons. The second kappa shape index (κ2) is 4.11. The summed E-state index contributed by atoms with van der Waals surface area (Å²) in [6.45, 7) is 0.378. The Balaban J connectivity index is 2.53. The third kappa shape index (κ3) is 2.92. The molecule has 2 nitrogen and oxygen atoms in total. The number of nitrogens with one attached hydrogen (secondary N) is 1. The summed E-state index contributed by atoms with van der Waals surface area (Å²) >= 11 is 3.52. The third-order valence-corrected chi connectivity index (χ3v) is 1.52. The fourth-order valence-electron chi connectivity index (χ4n) is 0.780. The Kier molecular flexibility index (Phi) is 3.10. The molecule has 0 bridgehead atoms. The van der Waals surface area contributed by atoms with Crippen LogP contribution in [0.5, 0.6) is 0 Å². The van der Waals surface area contributed by atoms with E-state index in [0.29, 0.717) is 6.54 Å². The molecule has 0 aliphatic heterocycles. The van der Waals surface area contributed by atoms with Crippen LogP contribution in [0.3, 0.4) is 0 Å². The summed E-state index contributed by atoms with van der Waals surface area (Å²) in [5.74, 6) is -0.282. The summed E-state index contributed by atoms with van der Waals surface area (Å²) < 4.78 is 12.4. The monoisotopic (exact) mass is 185 g/mol. The van der Waals surface area contributed by atoms with Gasteiger partial charge in [-0.05, 0) is 17.7 Å². The molecule has 0 heterocycles. The lowest BCUT2D eigenvalue weighted by atomic mass is 10.2. The van der Waals surface area contributed by atoms with Gasteiger partial charge in [0.25, 0.3) is 5.24 Å². The highest BCUT2D eigenvalue weighted by molar-refractivity contribution is 7.96. The highest BCUT2D eigenvalue weighted by atomic mass is 32.1. The minimum Gasteiger partial charge on any atom is -0.343 e. The smallest absolute Gasteiger partial charge is 0.276 e. The molecule has 1 aromatic carbocycles. The fourth-order valence-corrected chi connectivity index (χ4v) is 0.859. The van der Waals surface area contributed by atoms with Gasteiger partial charge < -0.3 is 5.32 Å². The molecule has 0 atom stereocenters. The molecular formula is C8H8FNOS. The van der Waals surface area contributed by atoms with E-state index in [1.807, 2.05) is 0 Å². The fraction of sp³-hybridized carbons (Fsp3) is 0.125. The zero-order chi connectivity index (χ0) is 8.97. The van der Waals surface area contributed by atoms with Crippen LogP contribution in [0.1, 0.15) is 5.56 Å². The minimum absolute atomic E-state index is 0.282.